The van der Waals surface area contributed by atoms with Crippen LogP contribution in [0, 0.1) is 0 Å². The molecule has 1 heterocycles. The molecule has 1 aromatic heterocycles. The molecule has 1 amide bonds. The molecule has 0 atom stereocenters. The van der Waals surface area contributed by atoms with Crippen molar-refractivity contribution < 1.29 is 23.6 Å². The maximum atomic E-state index is 12.3. The molecule has 0 saturated heterocycles. The van der Waals surface area contributed by atoms with E-state index in [2.05, 4.69) is 10.5 Å². The van der Waals surface area contributed by atoms with Gasteiger partial charge in [0, 0.05) is 10.6 Å². The molecule has 3 rings (SSSR count). The standard InChI is InChI=1S/C20H15Cl3N2O5/c1-28-20(27)17-18(16-13(22)3-2-4-14(16)23)25-30-19(17)24-15(26)9-10-29-12-7-5-11(21)6-8-12/h2-8H,9-10H2,1H3,(H,24,26). The Labute approximate surface area is 186 Å². The van der Waals surface area contributed by atoms with Crippen molar-refractivity contribution in [2.45, 2.75) is 6.42 Å². The van der Waals surface area contributed by atoms with Gasteiger partial charge in [-0.3, -0.25) is 10.1 Å². The molecule has 0 aliphatic carbocycles. The summed E-state index contributed by atoms with van der Waals surface area (Å²) in [7, 11) is 1.19. The van der Waals surface area contributed by atoms with Gasteiger partial charge in [0.15, 0.2) is 5.56 Å². The van der Waals surface area contributed by atoms with Gasteiger partial charge in [0.1, 0.15) is 11.4 Å². The van der Waals surface area contributed by atoms with E-state index < -0.39 is 11.9 Å². The van der Waals surface area contributed by atoms with Crippen LogP contribution in [0.1, 0.15) is 16.8 Å². The molecule has 1 N–H and O–H groups in total. The highest BCUT2D eigenvalue weighted by atomic mass is 35.5. The summed E-state index contributed by atoms with van der Waals surface area (Å²) in [5, 5.41) is 7.45. The Morgan fingerprint density at radius 1 is 1.07 bits per heavy atom. The maximum absolute atomic E-state index is 12.3. The molecule has 0 unspecified atom stereocenters. The number of aromatic nitrogens is 1. The number of anilines is 1. The van der Waals surface area contributed by atoms with Crippen molar-refractivity contribution in [2.24, 2.45) is 0 Å². The summed E-state index contributed by atoms with van der Waals surface area (Å²) in [5.41, 5.74) is 0.251. The second-order valence-electron chi connectivity index (χ2n) is 5.92. The number of hydrogen-bond acceptors (Lipinski definition) is 6. The first-order valence-electron chi connectivity index (χ1n) is 8.61. The molecular weight excluding hydrogens is 455 g/mol. The first-order chi connectivity index (χ1) is 14.4. The number of ether oxygens (including phenoxy) is 2. The number of nitrogens with zero attached hydrogens (tertiary/aromatic N) is 1. The van der Waals surface area contributed by atoms with Crippen molar-refractivity contribution in [3.05, 3.63) is 63.1 Å². The van der Waals surface area contributed by atoms with Gasteiger partial charge in [-0.05, 0) is 36.4 Å². The monoisotopic (exact) mass is 468 g/mol. The van der Waals surface area contributed by atoms with E-state index in [9.17, 15) is 9.59 Å². The quantitative estimate of drug-likeness (QED) is 0.460. The summed E-state index contributed by atoms with van der Waals surface area (Å²) in [6, 6.07) is 11.5. The average Bonchev–Trinajstić information content (AvgIpc) is 3.11. The fraction of sp³-hybridized carbons (Fsp3) is 0.150. The van der Waals surface area contributed by atoms with Crippen LogP contribution >= 0.6 is 34.8 Å². The van der Waals surface area contributed by atoms with E-state index in [0.29, 0.717) is 10.8 Å². The van der Waals surface area contributed by atoms with Gasteiger partial charge in [-0.15, -0.1) is 0 Å². The van der Waals surface area contributed by atoms with Crippen LogP contribution in [0.15, 0.2) is 47.0 Å². The fourth-order valence-corrected chi connectivity index (χ4v) is 3.25. The Kier molecular flexibility index (Phi) is 7.20. The number of benzene rings is 2. The molecule has 3 aromatic rings. The van der Waals surface area contributed by atoms with Gasteiger partial charge in [-0.2, -0.15) is 0 Å². The van der Waals surface area contributed by atoms with Crippen LogP contribution in [0.4, 0.5) is 5.88 Å². The van der Waals surface area contributed by atoms with E-state index in [-0.39, 0.29) is 45.8 Å². The number of halogens is 3. The smallest absolute Gasteiger partial charge is 0.345 e. The number of methoxy groups -OCH3 is 1. The van der Waals surface area contributed by atoms with E-state index in [1.54, 1.807) is 42.5 Å². The molecule has 0 bridgehead atoms. The third kappa shape index (κ3) is 5.05. The summed E-state index contributed by atoms with van der Waals surface area (Å²) in [5.74, 6) is -0.834. The fourth-order valence-electron chi connectivity index (χ4n) is 2.54. The van der Waals surface area contributed by atoms with Crippen LogP contribution in [0.5, 0.6) is 5.75 Å². The van der Waals surface area contributed by atoms with Crippen LogP contribution in [-0.2, 0) is 9.53 Å². The SMILES string of the molecule is COC(=O)c1c(-c2c(Cl)cccc2Cl)noc1NC(=O)CCOc1ccc(Cl)cc1. The second kappa shape index (κ2) is 9.84. The number of nitrogens with one attached hydrogen (secondary N) is 1. The minimum absolute atomic E-state index is 0.00782. The Hall–Kier alpha value is -2.74. The van der Waals surface area contributed by atoms with E-state index in [1.807, 2.05) is 0 Å². The van der Waals surface area contributed by atoms with Gasteiger partial charge in [0.2, 0.25) is 11.8 Å². The molecule has 0 fully saturated rings. The van der Waals surface area contributed by atoms with E-state index in [0.717, 1.165) is 0 Å². The Bertz CT molecular complexity index is 1050. The van der Waals surface area contributed by atoms with Crippen molar-refractivity contribution in [3.8, 4) is 17.0 Å². The summed E-state index contributed by atoms with van der Waals surface area (Å²) >= 11 is 18.2. The third-order valence-electron chi connectivity index (χ3n) is 3.95. The topological polar surface area (TPSA) is 90.7 Å². The van der Waals surface area contributed by atoms with E-state index >= 15 is 0 Å². The number of hydrogen-bond donors (Lipinski definition) is 1. The Morgan fingerprint density at radius 2 is 1.73 bits per heavy atom. The first kappa shape index (κ1) is 22.0. The number of carbonyl (C=O) groups excluding carboxylic acids is 2. The molecule has 0 spiro atoms. The highest BCUT2D eigenvalue weighted by Crippen LogP contribution is 2.38. The molecule has 2 aromatic carbocycles. The lowest BCUT2D eigenvalue weighted by molar-refractivity contribution is -0.116. The highest BCUT2D eigenvalue weighted by molar-refractivity contribution is 6.39. The lowest BCUT2D eigenvalue weighted by atomic mass is 10.1. The Balaban J connectivity index is 1.75. The number of carbonyl (C=O) groups is 2. The van der Waals surface area contributed by atoms with Gasteiger partial charge >= 0.3 is 5.97 Å². The zero-order chi connectivity index (χ0) is 21.7. The molecular formula is C20H15Cl3N2O5. The van der Waals surface area contributed by atoms with Crippen molar-refractivity contribution in [2.75, 3.05) is 19.0 Å². The molecule has 0 radical (unpaired) electrons. The largest absolute Gasteiger partial charge is 0.493 e. The zero-order valence-corrected chi connectivity index (χ0v) is 17.8. The van der Waals surface area contributed by atoms with Gasteiger partial charge in [0.25, 0.3) is 0 Å². The Morgan fingerprint density at radius 3 is 2.37 bits per heavy atom. The molecule has 0 saturated carbocycles. The number of rotatable bonds is 7. The molecule has 0 aliphatic rings. The third-order valence-corrected chi connectivity index (χ3v) is 4.83. The first-order valence-corrected chi connectivity index (χ1v) is 9.74. The summed E-state index contributed by atoms with van der Waals surface area (Å²) in [6.45, 7) is 0.0956. The predicted molar refractivity (Wildman–Crippen MR) is 113 cm³/mol. The lowest BCUT2D eigenvalue weighted by Gasteiger charge is -2.07. The predicted octanol–water partition coefficient (Wildman–Crippen LogP) is 5.50. The van der Waals surface area contributed by atoms with Gasteiger partial charge in [0.05, 0.1) is 30.2 Å². The van der Waals surface area contributed by atoms with E-state index in [1.165, 1.54) is 7.11 Å². The van der Waals surface area contributed by atoms with Crippen molar-refractivity contribution in [1.29, 1.82) is 0 Å². The normalized spacial score (nSPS) is 10.5. The maximum Gasteiger partial charge on any atom is 0.345 e. The van der Waals surface area contributed by atoms with Gasteiger partial charge < -0.3 is 14.0 Å². The molecule has 156 valence electrons. The average molecular weight is 470 g/mol. The summed E-state index contributed by atoms with van der Waals surface area (Å²) in [4.78, 5) is 24.6. The van der Waals surface area contributed by atoms with Crippen LogP contribution in [-0.4, -0.2) is 30.7 Å². The van der Waals surface area contributed by atoms with Gasteiger partial charge in [-0.1, -0.05) is 46.0 Å². The van der Waals surface area contributed by atoms with Crippen LogP contribution in [0.25, 0.3) is 11.3 Å². The second-order valence-corrected chi connectivity index (χ2v) is 7.17. The van der Waals surface area contributed by atoms with Crippen molar-refractivity contribution in [1.82, 2.24) is 5.16 Å². The molecule has 7 nitrogen and oxygen atoms in total. The molecule has 30 heavy (non-hydrogen) atoms. The zero-order valence-electron chi connectivity index (χ0n) is 15.6. The van der Waals surface area contributed by atoms with Crippen LogP contribution in [0.2, 0.25) is 15.1 Å². The highest BCUT2D eigenvalue weighted by Gasteiger charge is 2.28. The lowest BCUT2D eigenvalue weighted by Crippen LogP contribution is -2.17. The molecule has 10 heteroatoms. The summed E-state index contributed by atoms with van der Waals surface area (Å²) in [6.07, 6.45) is -0.00782. The van der Waals surface area contributed by atoms with Crippen LogP contribution < -0.4 is 10.1 Å². The number of esters is 1. The van der Waals surface area contributed by atoms with Crippen molar-refractivity contribution >= 4 is 52.6 Å². The minimum atomic E-state index is -0.769. The number of amides is 1. The summed E-state index contributed by atoms with van der Waals surface area (Å²) < 4.78 is 15.5. The van der Waals surface area contributed by atoms with E-state index in [4.69, 9.17) is 48.8 Å². The minimum Gasteiger partial charge on any atom is -0.493 e. The molecule has 0 aliphatic heterocycles. The van der Waals surface area contributed by atoms with Crippen LogP contribution in [0.3, 0.4) is 0 Å². The van der Waals surface area contributed by atoms with Gasteiger partial charge in [-0.25, -0.2) is 4.79 Å². The van der Waals surface area contributed by atoms with Crippen molar-refractivity contribution in [3.63, 3.8) is 0 Å².